The van der Waals surface area contributed by atoms with Gasteiger partial charge in [-0.1, -0.05) is 23.7 Å². The number of nitrogens with two attached hydrogens (primary N) is 1. The minimum atomic E-state index is -1.30. The summed E-state index contributed by atoms with van der Waals surface area (Å²) in [5.74, 6) is -4.42. The van der Waals surface area contributed by atoms with Gasteiger partial charge in [0.05, 0.1) is 16.7 Å². The van der Waals surface area contributed by atoms with Crippen molar-refractivity contribution in [1.29, 1.82) is 0 Å². The van der Waals surface area contributed by atoms with Gasteiger partial charge in [0.15, 0.2) is 0 Å². The zero-order valence-electron chi connectivity index (χ0n) is 14.7. The second-order valence-corrected chi connectivity index (χ2v) is 6.71. The Morgan fingerprint density at radius 2 is 1.72 bits per heavy atom. The van der Waals surface area contributed by atoms with Gasteiger partial charge in [0.1, 0.15) is 17.3 Å². The molecule has 5 nitrogen and oxygen atoms in total. The van der Waals surface area contributed by atoms with Crippen LogP contribution in [0.5, 0.6) is 0 Å². The van der Waals surface area contributed by atoms with Crippen LogP contribution in [0.4, 0.5) is 8.78 Å². The number of fused-ring (bicyclic) bond motifs is 1. The SMILES string of the molecule is NC(=O)c1ccc(F)c(C(=O)c2c[nH]c3nccc(-c4ccc(Cl)cc4)c23)c1F. The van der Waals surface area contributed by atoms with Gasteiger partial charge in [-0.2, -0.15) is 0 Å². The molecule has 0 unspecified atom stereocenters. The quantitative estimate of drug-likeness (QED) is 0.485. The molecule has 0 bridgehead atoms. The molecule has 0 spiro atoms. The Morgan fingerprint density at radius 3 is 2.41 bits per heavy atom. The Balaban J connectivity index is 1.94. The summed E-state index contributed by atoms with van der Waals surface area (Å²) in [4.78, 5) is 31.5. The second kappa shape index (κ2) is 7.10. The average Bonchev–Trinajstić information content (AvgIpc) is 3.12. The molecule has 2 aromatic heterocycles. The van der Waals surface area contributed by atoms with Gasteiger partial charge < -0.3 is 10.7 Å². The molecule has 0 radical (unpaired) electrons. The van der Waals surface area contributed by atoms with Crippen molar-refractivity contribution in [2.24, 2.45) is 5.73 Å². The first kappa shape index (κ1) is 18.8. The Kier molecular flexibility index (Phi) is 4.60. The number of nitrogens with one attached hydrogen (secondary N) is 1. The van der Waals surface area contributed by atoms with E-state index in [2.05, 4.69) is 9.97 Å². The van der Waals surface area contributed by atoms with E-state index < -0.39 is 34.5 Å². The molecular weight excluding hydrogens is 400 g/mol. The number of carbonyl (C=O) groups excluding carboxylic acids is 2. The molecule has 4 rings (SSSR count). The number of aromatic amines is 1. The molecule has 8 heteroatoms. The normalized spacial score (nSPS) is 11.0. The highest BCUT2D eigenvalue weighted by atomic mass is 35.5. The number of carbonyl (C=O) groups is 2. The van der Waals surface area contributed by atoms with Crippen molar-refractivity contribution >= 4 is 34.3 Å². The number of hydrogen-bond donors (Lipinski definition) is 2. The number of H-pyrrole nitrogens is 1. The molecule has 0 atom stereocenters. The maximum atomic E-state index is 14.7. The highest BCUT2D eigenvalue weighted by molar-refractivity contribution is 6.30. The number of ketones is 1. The topological polar surface area (TPSA) is 88.8 Å². The maximum Gasteiger partial charge on any atom is 0.251 e. The minimum absolute atomic E-state index is 0.0115. The summed E-state index contributed by atoms with van der Waals surface area (Å²) < 4.78 is 29.0. The van der Waals surface area contributed by atoms with Crippen LogP contribution in [0, 0.1) is 11.6 Å². The fourth-order valence-electron chi connectivity index (χ4n) is 3.19. The predicted molar refractivity (Wildman–Crippen MR) is 105 cm³/mol. The van der Waals surface area contributed by atoms with Crippen LogP contribution in [0.2, 0.25) is 5.02 Å². The van der Waals surface area contributed by atoms with Crippen molar-refractivity contribution in [3.8, 4) is 11.1 Å². The fraction of sp³-hybridized carbons (Fsp3) is 0. The van der Waals surface area contributed by atoms with Crippen molar-refractivity contribution in [1.82, 2.24) is 9.97 Å². The number of aromatic nitrogens is 2. The number of benzene rings is 2. The molecule has 29 heavy (non-hydrogen) atoms. The number of pyridine rings is 1. The predicted octanol–water partition coefficient (Wildman–Crippen LogP) is 4.49. The molecule has 0 aliphatic heterocycles. The Labute approximate surface area is 168 Å². The van der Waals surface area contributed by atoms with E-state index >= 15 is 0 Å². The molecule has 0 fully saturated rings. The lowest BCUT2D eigenvalue weighted by atomic mass is 9.95. The highest BCUT2D eigenvalue weighted by Gasteiger charge is 2.26. The molecule has 3 N–H and O–H groups in total. The summed E-state index contributed by atoms with van der Waals surface area (Å²) in [6.07, 6.45) is 2.88. The van der Waals surface area contributed by atoms with E-state index in [-0.39, 0.29) is 5.56 Å². The molecule has 2 aromatic carbocycles. The molecule has 0 saturated carbocycles. The summed E-state index contributed by atoms with van der Waals surface area (Å²) in [5, 5.41) is 0.930. The fourth-order valence-corrected chi connectivity index (χ4v) is 3.32. The number of nitrogens with zero attached hydrogens (tertiary/aromatic N) is 1. The molecule has 2 heterocycles. The van der Waals surface area contributed by atoms with Crippen LogP contribution in [-0.4, -0.2) is 21.7 Å². The van der Waals surface area contributed by atoms with Crippen LogP contribution in [-0.2, 0) is 0 Å². The summed E-state index contributed by atoms with van der Waals surface area (Å²) in [6, 6.07) is 10.3. The van der Waals surface area contributed by atoms with E-state index in [0.717, 1.165) is 17.7 Å². The summed E-state index contributed by atoms with van der Waals surface area (Å²) >= 11 is 5.94. The van der Waals surface area contributed by atoms with Crippen molar-refractivity contribution in [3.63, 3.8) is 0 Å². The van der Waals surface area contributed by atoms with Gasteiger partial charge in [-0.15, -0.1) is 0 Å². The lowest BCUT2D eigenvalue weighted by molar-refractivity contribution is 0.0996. The van der Waals surface area contributed by atoms with Crippen molar-refractivity contribution in [2.45, 2.75) is 0 Å². The number of halogens is 3. The first-order valence-corrected chi connectivity index (χ1v) is 8.81. The van der Waals surface area contributed by atoms with Gasteiger partial charge in [-0.05, 0) is 41.5 Å². The smallest absolute Gasteiger partial charge is 0.251 e. The molecule has 4 aromatic rings. The molecule has 0 aliphatic carbocycles. The highest BCUT2D eigenvalue weighted by Crippen LogP contribution is 2.32. The van der Waals surface area contributed by atoms with Crippen LogP contribution in [0.25, 0.3) is 22.2 Å². The van der Waals surface area contributed by atoms with Gasteiger partial charge in [0, 0.05) is 22.8 Å². The van der Waals surface area contributed by atoms with Gasteiger partial charge in [0.25, 0.3) is 5.91 Å². The van der Waals surface area contributed by atoms with Crippen LogP contribution in [0.1, 0.15) is 26.3 Å². The standard InChI is InChI=1S/C21H12ClF2N3O2/c22-11-3-1-10(2-4-11)12-7-8-26-21-16(12)14(9-27-21)19(28)17-15(23)6-5-13(18(17)24)20(25)29/h1-9H,(H2,25,29)(H,26,27). The number of hydrogen-bond acceptors (Lipinski definition) is 3. The van der Waals surface area contributed by atoms with Crippen LogP contribution in [0.15, 0.2) is 54.9 Å². The number of rotatable bonds is 4. The van der Waals surface area contributed by atoms with Crippen molar-refractivity contribution in [3.05, 3.63) is 88.2 Å². The molecule has 1 amide bonds. The lowest BCUT2D eigenvalue weighted by Gasteiger charge is -2.09. The minimum Gasteiger partial charge on any atom is -0.366 e. The van der Waals surface area contributed by atoms with E-state index in [9.17, 15) is 18.4 Å². The monoisotopic (exact) mass is 411 g/mol. The van der Waals surface area contributed by atoms with Gasteiger partial charge in [0.2, 0.25) is 5.78 Å². The summed E-state index contributed by atoms with van der Waals surface area (Å²) in [7, 11) is 0. The summed E-state index contributed by atoms with van der Waals surface area (Å²) in [6.45, 7) is 0. The Bertz CT molecular complexity index is 1280. The second-order valence-electron chi connectivity index (χ2n) is 6.27. The molecule has 0 saturated heterocycles. The van der Waals surface area contributed by atoms with E-state index in [1.807, 2.05) is 0 Å². The van der Waals surface area contributed by atoms with Gasteiger partial charge >= 0.3 is 0 Å². The average molecular weight is 412 g/mol. The first-order valence-electron chi connectivity index (χ1n) is 8.43. The zero-order valence-corrected chi connectivity index (χ0v) is 15.4. The zero-order chi connectivity index (χ0) is 20.7. The molecule has 144 valence electrons. The lowest BCUT2D eigenvalue weighted by Crippen LogP contribution is -2.17. The molecular formula is C21H12ClF2N3O2. The maximum absolute atomic E-state index is 14.7. The van der Waals surface area contributed by atoms with Crippen molar-refractivity contribution in [2.75, 3.05) is 0 Å². The molecule has 0 aliphatic rings. The largest absolute Gasteiger partial charge is 0.366 e. The van der Waals surface area contributed by atoms with E-state index in [4.69, 9.17) is 17.3 Å². The third-order valence-corrected chi connectivity index (χ3v) is 4.81. The van der Waals surface area contributed by atoms with Crippen LogP contribution >= 0.6 is 11.6 Å². The summed E-state index contributed by atoms with van der Waals surface area (Å²) in [5.41, 5.74) is 5.44. The number of amides is 1. The van der Waals surface area contributed by atoms with E-state index in [1.165, 1.54) is 6.20 Å². The van der Waals surface area contributed by atoms with Gasteiger partial charge in [-0.3, -0.25) is 9.59 Å². The van der Waals surface area contributed by atoms with Crippen LogP contribution < -0.4 is 5.73 Å². The first-order chi connectivity index (χ1) is 13.9. The Morgan fingerprint density at radius 1 is 1.00 bits per heavy atom. The van der Waals surface area contributed by atoms with Crippen LogP contribution in [0.3, 0.4) is 0 Å². The van der Waals surface area contributed by atoms with Gasteiger partial charge in [-0.25, -0.2) is 13.8 Å². The third-order valence-electron chi connectivity index (χ3n) is 4.56. The van der Waals surface area contributed by atoms with E-state index in [1.54, 1.807) is 36.5 Å². The van der Waals surface area contributed by atoms with Crippen molar-refractivity contribution < 1.29 is 18.4 Å². The Hall–Kier alpha value is -3.58. The number of primary amides is 1. The van der Waals surface area contributed by atoms with E-state index in [0.29, 0.717) is 21.6 Å². The third kappa shape index (κ3) is 3.15.